The summed E-state index contributed by atoms with van der Waals surface area (Å²) >= 11 is 0. The number of alkyl halides is 1. The lowest BCUT2D eigenvalue weighted by atomic mass is 10.2. The molecule has 2 aromatic rings. The van der Waals surface area contributed by atoms with Gasteiger partial charge in [0.05, 0.1) is 18.2 Å². The summed E-state index contributed by atoms with van der Waals surface area (Å²) < 4.78 is 19.1. The molecule has 9 heteroatoms. The number of hydrogen-bond donors (Lipinski definition) is 1. The topological polar surface area (TPSA) is 108 Å². The molecule has 124 valence electrons. The molecule has 1 saturated heterocycles. The minimum atomic E-state index is -1.02. The number of pyridine rings is 1. The Morgan fingerprint density at radius 2 is 2.38 bits per heavy atom. The van der Waals surface area contributed by atoms with Gasteiger partial charge in [0, 0.05) is 26.1 Å². The van der Waals surface area contributed by atoms with Crippen LogP contribution in [0.5, 0.6) is 0 Å². The summed E-state index contributed by atoms with van der Waals surface area (Å²) in [7, 11) is 0. The molecule has 0 radical (unpaired) electrons. The largest absolute Gasteiger partial charge is 0.408 e. The minimum Gasteiger partial charge on any atom is -0.408 e. The molecule has 3 rings (SSSR count). The first-order valence-electron chi connectivity index (χ1n) is 7.42. The summed E-state index contributed by atoms with van der Waals surface area (Å²) in [6.07, 6.45) is 0.574. The summed E-state index contributed by atoms with van der Waals surface area (Å²) in [5.74, 6) is 0.0142. The number of amides is 1. The van der Waals surface area contributed by atoms with Crippen LogP contribution in [0.3, 0.4) is 0 Å². The molecule has 0 saturated carbocycles. The molecular formula is C15H15FN6O2. The van der Waals surface area contributed by atoms with Gasteiger partial charge >= 0.3 is 6.01 Å². The van der Waals surface area contributed by atoms with E-state index in [2.05, 4.69) is 20.5 Å². The van der Waals surface area contributed by atoms with E-state index in [4.69, 9.17) is 9.68 Å². The number of halogens is 1. The lowest BCUT2D eigenvalue weighted by Crippen LogP contribution is -2.40. The number of rotatable bonds is 4. The number of anilines is 1. The second-order valence-electron chi connectivity index (χ2n) is 5.50. The first-order valence-corrected chi connectivity index (χ1v) is 7.42. The highest BCUT2D eigenvalue weighted by molar-refractivity contribution is 5.92. The van der Waals surface area contributed by atoms with E-state index in [0.29, 0.717) is 11.5 Å². The lowest BCUT2D eigenvalue weighted by Gasteiger charge is -2.22. The van der Waals surface area contributed by atoms with Gasteiger partial charge in [-0.2, -0.15) is 5.26 Å². The van der Waals surface area contributed by atoms with Gasteiger partial charge in [0.15, 0.2) is 0 Å². The van der Waals surface area contributed by atoms with Gasteiger partial charge in [-0.25, -0.2) is 9.37 Å². The maximum Gasteiger partial charge on any atom is 0.318 e. The van der Waals surface area contributed by atoms with Crippen LogP contribution in [-0.2, 0) is 0 Å². The van der Waals surface area contributed by atoms with Crippen LogP contribution in [0.2, 0.25) is 0 Å². The average Bonchev–Trinajstić information content (AvgIpc) is 3.18. The minimum absolute atomic E-state index is 0.150. The Morgan fingerprint density at radius 1 is 1.54 bits per heavy atom. The van der Waals surface area contributed by atoms with E-state index in [1.807, 2.05) is 6.07 Å². The van der Waals surface area contributed by atoms with E-state index in [0.717, 1.165) is 0 Å². The predicted molar refractivity (Wildman–Crippen MR) is 81.0 cm³/mol. The van der Waals surface area contributed by atoms with E-state index in [1.54, 1.807) is 11.8 Å². The Bertz CT molecular complexity index is 769. The van der Waals surface area contributed by atoms with Gasteiger partial charge in [0.25, 0.3) is 5.91 Å². The molecule has 1 N–H and O–H groups in total. The molecule has 2 aromatic heterocycles. The van der Waals surface area contributed by atoms with Crippen molar-refractivity contribution >= 4 is 11.9 Å². The monoisotopic (exact) mass is 330 g/mol. The van der Waals surface area contributed by atoms with E-state index in [-0.39, 0.29) is 43.2 Å². The van der Waals surface area contributed by atoms with E-state index < -0.39 is 6.17 Å². The van der Waals surface area contributed by atoms with Gasteiger partial charge in [0.2, 0.25) is 5.89 Å². The zero-order chi connectivity index (χ0) is 17.1. The summed E-state index contributed by atoms with van der Waals surface area (Å²) in [6.45, 7) is 2.03. The summed E-state index contributed by atoms with van der Waals surface area (Å²) in [4.78, 5) is 17.7. The fourth-order valence-corrected chi connectivity index (χ4v) is 2.58. The Morgan fingerprint density at radius 3 is 3.00 bits per heavy atom. The molecule has 2 atom stereocenters. The number of nitrogens with one attached hydrogen (secondary N) is 1. The maximum absolute atomic E-state index is 13.8. The summed E-state index contributed by atoms with van der Waals surface area (Å²) in [5.41, 5.74) is 0.574. The zero-order valence-corrected chi connectivity index (χ0v) is 12.9. The quantitative estimate of drug-likeness (QED) is 0.890. The van der Waals surface area contributed by atoms with Crippen LogP contribution in [0.15, 0.2) is 22.7 Å². The number of aryl methyl sites for hydroxylation is 1. The Balaban J connectivity index is 1.63. The number of carbonyl (C=O) groups excluding carboxylic acids is 1. The third-order valence-electron chi connectivity index (χ3n) is 3.75. The zero-order valence-electron chi connectivity index (χ0n) is 12.9. The molecule has 0 spiro atoms. The van der Waals surface area contributed by atoms with Gasteiger partial charge in [0.1, 0.15) is 17.9 Å². The summed E-state index contributed by atoms with van der Waals surface area (Å²) in [5, 5.41) is 19.1. The van der Waals surface area contributed by atoms with Gasteiger partial charge < -0.3 is 14.6 Å². The number of nitrogens with zero attached hydrogens (tertiary/aromatic N) is 5. The number of hydrogen-bond acceptors (Lipinski definition) is 7. The summed E-state index contributed by atoms with van der Waals surface area (Å²) in [6, 6.07) is 4.90. The standard InChI is InChI=1S/C15H15FN6O2/c1-9-20-21-15(24-9)22-8-11(16)4-12(22)7-19-14(23)13-3-2-10(5-17)6-18-13/h2-3,6,11-12H,4,7-8H2,1H3,(H,19,23)/t11-,12-/m0/s1. The SMILES string of the molecule is Cc1nnc(N2C[C@@H](F)C[C@H]2CNC(=O)c2ccc(C#N)cn2)o1. The number of carbonyl (C=O) groups is 1. The van der Waals surface area contributed by atoms with Gasteiger partial charge in [-0.1, -0.05) is 5.10 Å². The van der Waals surface area contributed by atoms with Crippen molar-refractivity contribution in [1.82, 2.24) is 20.5 Å². The third-order valence-corrected chi connectivity index (χ3v) is 3.75. The second kappa shape index (κ2) is 6.62. The molecule has 0 aliphatic carbocycles. The van der Waals surface area contributed by atoms with Crippen molar-refractivity contribution in [2.45, 2.75) is 25.6 Å². The Labute approximate surface area is 137 Å². The third kappa shape index (κ3) is 3.32. The second-order valence-corrected chi connectivity index (χ2v) is 5.50. The van der Waals surface area contributed by atoms with Gasteiger partial charge in [-0.3, -0.25) is 4.79 Å². The smallest absolute Gasteiger partial charge is 0.318 e. The molecule has 8 nitrogen and oxygen atoms in total. The van der Waals surface area contributed by atoms with Crippen molar-refractivity contribution in [3.05, 3.63) is 35.5 Å². The van der Waals surface area contributed by atoms with Gasteiger partial charge in [-0.05, 0) is 12.1 Å². The molecule has 3 heterocycles. The van der Waals surface area contributed by atoms with Gasteiger partial charge in [-0.15, -0.1) is 5.10 Å². The maximum atomic E-state index is 13.8. The van der Waals surface area contributed by atoms with E-state index in [1.165, 1.54) is 18.3 Å². The Hall–Kier alpha value is -3.02. The van der Waals surface area contributed by atoms with Crippen molar-refractivity contribution < 1.29 is 13.6 Å². The number of aromatic nitrogens is 3. The van der Waals surface area contributed by atoms with Crippen molar-refractivity contribution in [2.24, 2.45) is 0 Å². The fourth-order valence-electron chi connectivity index (χ4n) is 2.58. The normalized spacial score (nSPS) is 20.0. The first-order chi connectivity index (χ1) is 11.6. The molecule has 24 heavy (non-hydrogen) atoms. The number of nitriles is 1. The van der Waals surface area contributed by atoms with Crippen LogP contribution in [0, 0.1) is 18.3 Å². The molecule has 1 aliphatic heterocycles. The van der Waals surface area contributed by atoms with Crippen molar-refractivity contribution in [2.75, 3.05) is 18.0 Å². The van der Waals surface area contributed by atoms with Crippen LogP contribution in [0.4, 0.5) is 10.4 Å². The molecular weight excluding hydrogens is 315 g/mol. The van der Waals surface area contributed by atoms with E-state index >= 15 is 0 Å². The van der Waals surface area contributed by atoms with Crippen LogP contribution < -0.4 is 10.2 Å². The van der Waals surface area contributed by atoms with Crippen molar-refractivity contribution in [1.29, 1.82) is 5.26 Å². The fraction of sp³-hybridized carbons (Fsp3) is 0.400. The highest BCUT2D eigenvalue weighted by Crippen LogP contribution is 2.25. The molecule has 1 aliphatic rings. The average molecular weight is 330 g/mol. The predicted octanol–water partition coefficient (Wildman–Crippen LogP) is 0.992. The highest BCUT2D eigenvalue weighted by Gasteiger charge is 2.35. The molecule has 0 unspecified atom stereocenters. The van der Waals surface area contributed by atoms with Crippen LogP contribution in [-0.4, -0.2) is 46.4 Å². The first kappa shape index (κ1) is 15.9. The van der Waals surface area contributed by atoms with Crippen molar-refractivity contribution in [3.8, 4) is 6.07 Å². The van der Waals surface area contributed by atoms with Crippen molar-refractivity contribution in [3.63, 3.8) is 0 Å². The molecule has 1 fully saturated rings. The molecule has 0 bridgehead atoms. The molecule has 1 amide bonds. The highest BCUT2D eigenvalue weighted by atomic mass is 19.1. The van der Waals surface area contributed by atoms with Crippen LogP contribution >= 0.6 is 0 Å². The van der Waals surface area contributed by atoms with Crippen LogP contribution in [0.1, 0.15) is 28.4 Å². The Kier molecular flexibility index (Phi) is 4.37. The van der Waals surface area contributed by atoms with E-state index in [9.17, 15) is 9.18 Å². The molecule has 0 aromatic carbocycles. The van der Waals surface area contributed by atoms with Crippen LogP contribution in [0.25, 0.3) is 0 Å². The lowest BCUT2D eigenvalue weighted by molar-refractivity contribution is 0.0945.